The Kier molecular flexibility index (Phi) is 5.42. The SMILES string of the molecule is CCNc1nnc(-c2ccc(F)c(F)c2Nc2ccc(I)cc2F)s1. The van der Waals surface area contributed by atoms with Gasteiger partial charge in [0.25, 0.3) is 0 Å². The summed E-state index contributed by atoms with van der Waals surface area (Å²) < 4.78 is 42.9. The summed E-state index contributed by atoms with van der Waals surface area (Å²) in [7, 11) is 0. The average Bonchev–Trinajstić information content (AvgIpc) is 3.03. The molecular weight excluding hydrogens is 464 g/mol. The van der Waals surface area contributed by atoms with Gasteiger partial charge in [0.1, 0.15) is 5.82 Å². The summed E-state index contributed by atoms with van der Waals surface area (Å²) in [6, 6.07) is 6.83. The third-order valence-electron chi connectivity index (χ3n) is 3.27. The Morgan fingerprint density at radius 1 is 1.08 bits per heavy atom. The molecule has 0 aliphatic heterocycles. The van der Waals surface area contributed by atoms with Crippen molar-refractivity contribution in [3.8, 4) is 10.6 Å². The van der Waals surface area contributed by atoms with E-state index in [1.807, 2.05) is 29.5 Å². The van der Waals surface area contributed by atoms with Gasteiger partial charge < -0.3 is 10.6 Å². The first-order valence-corrected chi connectivity index (χ1v) is 9.17. The Hall–Kier alpha value is -1.88. The predicted octanol–water partition coefficient (Wildman–Crippen LogP) is 5.40. The molecule has 0 amide bonds. The molecule has 0 radical (unpaired) electrons. The number of benzene rings is 2. The lowest BCUT2D eigenvalue weighted by Gasteiger charge is -2.13. The zero-order valence-electron chi connectivity index (χ0n) is 12.9. The molecule has 0 saturated heterocycles. The van der Waals surface area contributed by atoms with Crippen LogP contribution in [0.4, 0.5) is 29.7 Å². The number of nitrogens with one attached hydrogen (secondary N) is 2. The minimum Gasteiger partial charge on any atom is -0.360 e. The zero-order chi connectivity index (χ0) is 18.0. The molecule has 0 fully saturated rings. The minimum absolute atomic E-state index is 0.0441. The maximum absolute atomic E-state index is 14.4. The first-order valence-electron chi connectivity index (χ1n) is 7.27. The van der Waals surface area contributed by atoms with Crippen LogP contribution in [0.5, 0.6) is 0 Å². The molecule has 0 unspecified atom stereocenters. The van der Waals surface area contributed by atoms with Crippen LogP contribution < -0.4 is 10.6 Å². The monoisotopic (exact) mass is 476 g/mol. The van der Waals surface area contributed by atoms with Gasteiger partial charge in [-0.2, -0.15) is 0 Å². The topological polar surface area (TPSA) is 49.8 Å². The Labute approximate surface area is 159 Å². The summed E-state index contributed by atoms with van der Waals surface area (Å²) in [5.74, 6) is -2.70. The van der Waals surface area contributed by atoms with E-state index in [2.05, 4.69) is 20.8 Å². The highest BCUT2D eigenvalue weighted by Crippen LogP contribution is 2.37. The number of nitrogens with zero attached hydrogens (tertiary/aromatic N) is 2. The molecule has 1 heterocycles. The molecule has 0 atom stereocenters. The van der Waals surface area contributed by atoms with E-state index >= 15 is 0 Å². The summed E-state index contributed by atoms with van der Waals surface area (Å²) in [6.45, 7) is 2.57. The highest BCUT2D eigenvalue weighted by atomic mass is 127. The lowest BCUT2D eigenvalue weighted by molar-refractivity contribution is 0.512. The second-order valence-corrected chi connectivity index (χ2v) is 7.20. The third-order valence-corrected chi connectivity index (χ3v) is 4.85. The summed E-state index contributed by atoms with van der Waals surface area (Å²) in [5.41, 5.74) is 0.167. The molecule has 0 aliphatic rings. The van der Waals surface area contributed by atoms with Gasteiger partial charge in [0.05, 0.1) is 11.4 Å². The van der Waals surface area contributed by atoms with E-state index in [0.29, 0.717) is 25.8 Å². The van der Waals surface area contributed by atoms with Gasteiger partial charge in [-0.3, -0.25) is 0 Å². The van der Waals surface area contributed by atoms with Crippen LogP contribution in [0, 0.1) is 21.0 Å². The van der Waals surface area contributed by atoms with E-state index in [9.17, 15) is 13.2 Å². The van der Waals surface area contributed by atoms with Crippen molar-refractivity contribution in [2.75, 3.05) is 17.2 Å². The molecule has 0 bridgehead atoms. The number of hydrogen-bond acceptors (Lipinski definition) is 5. The van der Waals surface area contributed by atoms with Crippen molar-refractivity contribution in [1.29, 1.82) is 0 Å². The molecule has 25 heavy (non-hydrogen) atoms. The molecule has 0 spiro atoms. The number of halogens is 4. The van der Waals surface area contributed by atoms with Crippen LogP contribution in [0.1, 0.15) is 6.92 Å². The number of anilines is 3. The molecule has 2 aromatic carbocycles. The molecule has 130 valence electrons. The van der Waals surface area contributed by atoms with Crippen LogP contribution >= 0.6 is 33.9 Å². The molecule has 1 aromatic heterocycles. The van der Waals surface area contributed by atoms with Crippen LogP contribution in [0.15, 0.2) is 30.3 Å². The fourth-order valence-corrected chi connectivity index (χ4v) is 3.43. The summed E-state index contributed by atoms with van der Waals surface area (Å²) >= 11 is 3.17. The van der Waals surface area contributed by atoms with Crippen molar-refractivity contribution in [2.45, 2.75) is 6.92 Å². The second-order valence-electron chi connectivity index (χ2n) is 4.98. The lowest BCUT2D eigenvalue weighted by Crippen LogP contribution is -2.01. The molecule has 2 N–H and O–H groups in total. The molecule has 4 nitrogen and oxygen atoms in total. The summed E-state index contributed by atoms with van der Waals surface area (Å²) in [6.07, 6.45) is 0. The van der Waals surface area contributed by atoms with Gasteiger partial charge in [-0.15, -0.1) is 10.2 Å². The van der Waals surface area contributed by atoms with Crippen LogP contribution in [-0.2, 0) is 0 Å². The Balaban J connectivity index is 2.06. The van der Waals surface area contributed by atoms with E-state index < -0.39 is 17.5 Å². The van der Waals surface area contributed by atoms with Gasteiger partial charge in [-0.1, -0.05) is 11.3 Å². The van der Waals surface area contributed by atoms with Crippen molar-refractivity contribution in [3.05, 3.63) is 51.4 Å². The third kappa shape index (κ3) is 3.87. The quantitative estimate of drug-likeness (QED) is 0.485. The Bertz CT molecular complexity index is 916. The predicted molar refractivity (Wildman–Crippen MR) is 102 cm³/mol. The van der Waals surface area contributed by atoms with E-state index in [0.717, 1.165) is 6.07 Å². The minimum atomic E-state index is -1.10. The Morgan fingerprint density at radius 2 is 1.88 bits per heavy atom. The lowest BCUT2D eigenvalue weighted by atomic mass is 10.1. The van der Waals surface area contributed by atoms with Crippen molar-refractivity contribution in [3.63, 3.8) is 0 Å². The maximum atomic E-state index is 14.4. The van der Waals surface area contributed by atoms with E-state index in [-0.39, 0.29) is 11.4 Å². The van der Waals surface area contributed by atoms with Crippen molar-refractivity contribution < 1.29 is 13.2 Å². The maximum Gasteiger partial charge on any atom is 0.205 e. The van der Waals surface area contributed by atoms with Crippen LogP contribution in [0.25, 0.3) is 10.6 Å². The molecule has 9 heteroatoms. The first kappa shape index (κ1) is 17.9. The highest BCUT2D eigenvalue weighted by Gasteiger charge is 2.19. The van der Waals surface area contributed by atoms with Gasteiger partial charge in [0.2, 0.25) is 5.13 Å². The standard InChI is InChI=1S/C16H12F3IN4S/c1-2-21-16-24-23-15(25-16)9-4-5-10(17)13(19)14(9)22-12-6-3-8(20)7-11(12)18/h3-7,22H,2H2,1H3,(H,21,24). The average molecular weight is 476 g/mol. The number of hydrogen-bond donors (Lipinski definition) is 2. The molecular formula is C16H12F3IN4S. The van der Waals surface area contributed by atoms with Crippen LogP contribution in [-0.4, -0.2) is 16.7 Å². The second kappa shape index (κ2) is 7.56. The van der Waals surface area contributed by atoms with Crippen molar-refractivity contribution >= 4 is 50.4 Å². The zero-order valence-corrected chi connectivity index (χ0v) is 15.9. The van der Waals surface area contributed by atoms with Crippen molar-refractivity contribution in [1.82, 2.24) is 10.2 Å². The Morgan fingerprint density at radius 3 is 2.60 bits per heavy atom. The fourth-order valence-electron chi connectivity index (χ4n) is 2.13. The van der Waals surface area contributed by atoms with Gasteiger partial charge in [-0.05, 0) is 59.8 Å². The molecule has 3 aromatic rings. The van der Waals surface area contributed by atoms with Gasteiger partial charge >= 0.3 is 0 Å². The molecule has 3 rings (SSSR count). The van der Waals surface area contributed by atoms with E-state index in [1.54, 1.807) is 6.07 Å². The smallest absolute Gasteiger partial charge is 0.205 e. The van der Waals surface area contributed by atoms with E-state index in [1.165, 1.54) is 29.5 Å². The molecule has 0 aliphatic carbocycles. The van der Waals surface area contributed by atoms with Crippen LogP contribution in [0.2, 0.25) is 0 Å². The number of rotatable bonds is 5. The van der Waals surface area contributed by atoms with Gasteiger partial charge in [0.15, 0.2) is 16.6 Å². The van der Waals surface area contributed by atoms with Gasteiger partial charge in [-0.25, -0.2) is 13.2 Å². The van der Waals surface area contributed by atoms with Crippen molar-refractivity contribution in [2.24, 2.45) is 0 Å². The van der Waals surface area contributed by atoms with Crippen LogP contribution in [0.3, 0.4) is 0 Å². The largest absolute Gasteiger partial charge is 0.360 e. The highest BCUT2D eigenvalue weighted by molar-refractivity contribution is 14.1. The normalized spacial score (nSPS) is 10.8. The number of aromatic nitrogens is 2. The summed E-state index contributed by atoms with van der Waals surface area (Å²) in [5, 5.41) is 14.5. The summed E-state index contributed by atoms with van der Waals surface area (Å²) in [4.78, 5) is 0. The van der Waals surface area contributed by atoms with Gasteiger partial charge in [0, 0.05) is 15.7 Å². The molecule has 0 saturated carbocycles. The van der Waals surface area contributed by atoms with E-state index in [4.69, 9.17) is 0 Å². The first-order chi connectivity index (χ1) is 12.0. The fraction of sp³-hybridized carbons (Fsp3) is 0.125.